The van der Waals surface area contributed by atoms with Crippen molar-refractivity contribution in [2.45, 2.75) is 49.7 Å². The number of carbonyl (C=O) groups is 1. The highest BCUT2D eigenvalue weighted by molar-refractivity contribution is 7.97. The van der Waals surface area contributed by atoms with Crippen LogP contribution in [0.1, 0.15) is 70.6 Å². The van der Waals surface area contributed by atoms with Gasteiger partial charge in [-0.2, -0.15) is 11.8 Å². The highest BCUT2D eigenvalue weighted by Gasteiger charge is 2.60. The molecule has 2 heterocycles. The van der Waals surface area contributed by atoms with E-state index >= 15 is 0 Å². The van der Waals surface area contributed by atoms with E-state index in [1.807, 2.05) is 77.6 Å². The van der Waals surface area contributed by atoms with E-state index in [9.17, 15) is 9.90 Å². The largest absolute Gasteiger partial charge is 0.461 e. The summed E-state index contributed by atoms with van der Waals surface area (Å²) in [5, 5.41) is 29.5. The van der Waals surface area contributed by atoms with Crippen molar-refractivity contribution in [3.8, 4) is 11.1 Å². The first-order chi connectivity index (χ1) is 26.2. The van der Waals surface area contributed by atoms with Gasteiger partial charge >= 0.3 is 5.97 Å². The normalized spacial score (nSPS) is 13.6. The van der Waals surface area contributed by atoms with E-state index in [2.05, 4.69) is 83.2 Å². The summed E-state index contributed by atoms with van der Waals surface area (Å²) in [6.45, 7) is 5.61. The van der Waals surface area contributed by atoms with Crippen molar-refractivity contribution in [3.63, 3.8) is 0 Å². The quantitative estimate of drug-likeness (QED) is 0.0938. The summed E-state index contributed by atoms with van der Waals surface area (Å²) in [6.07, 6.45) is 1.98. The Morgan fingerprint density at radius 1 is 0.759 bits per heavy atom. The second-order valence-corrected chi connectivity index (χ2v) is 14.5. The zero-order valence-electron chi connectivity index (χ0n) is 30.8. The molecule has 1 aromatic heterocycles. The van der Waals surface area contributed by atoms with Gasteiger partial charge in [0.2, 0.25) is 5.66 Å². The molecule has 6 aromatic rings. The number of carbonyl (C=O) groups excluding carboxylic acids is 1. The lowest BCUT2D eigenvalue weighted by molar-refractivity contribution is 0.0469. The molecule has 0 amide bonds. The Balaban J connectivity index is 1.38. The first-order valence-corrected chi connectivity index (χ1v) is 19.3. The zero-order chi connectivity index (χ0) is 37.8. The number of esters is 1. The summed E-state index contributed by atoms with van der Waals surface area (Å²) in [6, 6.07) is 47.5. The number of hydrogen-bond acceptors (Lipinski definition) is 9. The molecular formula is C44H42N6O3S. The Morgan fingerprint density at radius 3 is 1.78 bits per heavy atom. The van der Waals surface area contributed by atoms with Crippen LogP contribution in [0.4, 0.5) is 0 Å². The van der Waals surface area contributed by atoms with E-state index in [1.165, 1.54) is 0 Å². The standard InChI is InChI=1S/C44H42N6O3S/c1-5-53-41(51)39-40(42(2,3)52)45-38(30-54-4)50(39)29-31-25-27-32(28-26-31)36-23-15-16-24-37(36)44(46-48-49-47-44)43(33-17-9-6-10-18-33,34-19-11-7-12-20-34)35-21-13-8-14-22-35/h6-28,52H,5,29-30H2,1-4H3. The number of nitrogens with zero attached hydrogens (tertiary/aromatic N) is 6. The van der Waals surface area contributed by atoms with Gasteiger partial charge in [0.05, 0.1) is 17.8 Å². The van der Waals surface area contributed by atoms with Crippen molar-refractivity contribution in [1.82, 2.24) is 9.55 Å². The molecule has 0 saturated heterocycles. The smallest absolute Gasteiger partial charge is 0.357 e. The van der Waals surface area contributed by atoms with Gasteiger partial charge in [-0.3, -0.25) is 0 Å². The third-order valence-corrected chi connectivity index (χ3v) is 10.4. The van der Waals surface area contributed by atoms with Crippen LogP contribution < -0.4 is 0 Å². The average molecular weight is 735 g/mol. The highest BCUT2D eigenvalue weighted by Crippen LogP contribution is 2.58. The first-order valence-electron chi connectivity index (χ1n) is 17.9. The SMILES string of the molecule is CCOC(=O)c1c(C(C)(C)O)nc(CSC)n1Cc1ccc(-c2ccccc2C2(C(c3ccccc3)(c3ccccc3)c3ccccc3)N=NN=N2)cc1. The average Bonchev–Trinajstić information content (AvgIpc) is 3.84. The van der Waals surface area contributed by atoms with Crippen molar-refractivity contribution in [2.24, 2.45) is 20.7 Å². The minimum Gasteiger partial charge on any atom is -0.461 e. The summed E-state index contributed by atoms with van der Waals surface area (Å²) in [7, 11) is 0. The Bertz CT molecular complexity index is 2170. The van der Waals surface area contributed by atoms with Crippen LogP contribution in [-0.2, 0) is 33.7 Å². The predicted molar refractivity (Wildman–Crippen MR) is 212 cm³/mol. The van der Waals surface area contributed by atoms with Gasteiger partial charge in [-0.15, -0.1) is 10.2 Å². The van der Waals surface area contributed by atoms with E-state index in [1.54, 1.807) is 32.5 Å². The number of thioether (sulfide) groups is 1. The highest BCUT2D eigenvalue weighted by atomic mass is 32.2. The molecule has 0 radical (unpaired) electrons. The van der Waals surface area contributed by atoms with Crippen molar-refractivity contribution in [3.05, 3.63) is 185 Å². The van der Waals surface area contributed by atoms with Gasteiger partial charge in [0.15, 0.2) is 5.69 Å². The van der Waals surface area contributed by atoms with Gasteiger partial charge in [0.1, 0.15) is 17.1 Å². The van der Waals surface area contributed by atoms with Crippen LogP contribution in [-0.4, -0.2) is 33.5 Å². The van der Waals surface area contributed by atoms with Crippen LogP contribution in [0.2, 0.25) is 0 Å². The molecule has 1 aliphatic rings. The Hall–Kier alpha value is -5.71. The molecule has 0 spiro atoms. The van der Waals surface area contributed by atoms with Crippen LogP contribution in [0.5, 0.6) is 0 Å². The molecule has 5 aromatic carbocycles. The molecule has 9 nitrogen and oxygen atoms in total. The van der Waals surface area contributed by atoms with Crippen molar-refractivity contribution in [2.75, 3.05) is 12.9 Å². The molecule has 0 unspecified atom stereocenters. The molecule has 0 bridgehead atoms. The summed E-state index contributed by atoms with van der Waals surface area (Å²) < 4.78 is 7.32. The number of rotatable bonds is 13. The van der Waals surface area contributed by atoms with Crippen LogP contribution in [0.3, 0.4) is 0 Å². The van der Waals surface area contributed by atoms with Gasteiger partial charge in [0.25, 0.3) is 0 Å². The second kappa shape index (κ2) is 15.3. The Labute approximate surface area is 319 Å². The molecule has 0 atom stereocenters. The maximum Gasteiger partial charge on any atom is 0.357 e. The molecule has 10 heteroatoms. The number of aromatic nitrogens is 2. The zero-order valence-corrected chi connectivity index (χ0v) is 31.6. The molecule has 272 valence electrons. The maximum absolute atomic E-state index is 13.3. The number of ether oxygens (including phenoxy) is 1. The molecule has 1 aliphatic heterocycles. The molecule has 0 aliphatic carbocycles. The van der Waals surface area contributed by atoms with E-state index in [4.69, 9.17) is 19.9 Å². The molecule has 0 fully saturated rings. The van der Waals surface area contributed by atoms with Gasteiger partial charge in [0, 0.05) is 12.1 Å². The molecular weight excluding hydrogens is 693 g/mol. The van der Waals surface area contributed by atoms with Crippen molar-refractivity contribution in [1.29, 1.82) is 0 Å². The third-order valence-electron chi connectivity index (χ3n) is 9.84. The lowest BCUT2D eigenvalue weighted by atomic mass is 9.59. The molecule has 7 rings (SSSR count). The fourth-order valence-electron chi connectivity index (χ4n) is 7.57. The predicted octanol–water partition coefficient (Wildman–Crippen LogP) is 9.89. The summed E-state index contributed by atoms with van der Waals surface area (Å²) in [5.74, 6) is 0.740. The van der Waals surface area contributed by atoms with Crippen molar-refractivity contribution >= 4 is 17.7 Å². The fourth-order valence-corrected chi connectivity index (χ4v) is 8.05. The lowest BCUT2D eigenvalue weighted by Gasteiger charge is -2.45. The fraction of sp³-hybridized carbons (Fsp3) is 0.227. The number of imidazole rings is 1. The van der Waals surface area contributed by atoms with Gasteiger partial charge in [-0.1, -0.05) is 140 Å². The summed E-state index contributed by atoms with van der Waals surface area (Å²) >= 11 is 1.60. The summed E-state index contributed by atoms with van der Waals surface area (Å²) in [5.41, 5.74) is 3.61. The topological polar surface area (TPSA) is 114 Å². The van der Waals surface area contributed by atoms with Gasteiger partial charge < -0.3 is 14.4 Å². The van der Waals surface area contributed by atoms with Crippen LogP contribution >= 0.6 is 11.8 Å². The van der Waals surface area contributed by atoms with E-state index in [0.29, 0.717) is 23.8 Å². The third kappa shape index (κ3) is 6.45. The Morgan fingerprint density at radius 2 is 1.28 bits per heavy atom. The van der Waals surface area contributed by atoms with Crippen LogP contribution in [0.25, 0.3) is 11.1 Å². The molecule has 1 N–H and O–H groups in total. The van der Waals surface area contributed by atoms with Gasteiger partial charge in [-0.25, -0.2) is 9.78 Å². The van der Waals surface area contributed by atoms with E-state index in [0.717, 1.165) is 38.9 Å². The molecule has 0 saturated carbocycles. The molecule has 54 heavy (non-hydrogen) atoms. The minimum atomic E-state index is -1.34. The number of benzene rings is 5. The van der Waals surface area contributed by atoms with Crippen LogP contribution in [0, 0.1) is 0 Å². The second-order valence-electron chi connectivity index (χ2n) is 13.7. The van der Waals surface area contributed by atoms with Gasteiger partial charge in [-0.05, 0) is 70.9 Å². The first kappa shape index (κ1) is 36.6. The van der Waals surface area contributed by atoms with E-state index < -0.39 is 22.6 Å². The van der Waals surface area contributed by atoms with Crippen LogP contribution in [0.15, 0.2) is 160 Å². The minimum absolute atomic E-state index is 0.210. The number of hydrogen-bond donors (Lipinski definition) is 1. The summed E-state index contributed by atoms with van der Waals surface area (Å²) in [4.78, 5) is 18.1. The monoisotopic (exact) mass is 734 g/mol. The van der Waals surface area contributed by atoms with Crippen molar-refractivity contribution < 1.29 is 14.6 Å². The lowest BCUT2D eigenvalue weighted by Crippen LogP contribution is -2.48. The number of aliphatic hydroxyl groups is 1. The maximum atomic E-state index is 13.3. The van der Waals surface area contributed by atoms with E-state index in [-0.39, 0.29) is 12.3 Å². The Kier molecular flexibility index (Phi) is 10.4.